The third-order valence-electron chi connectivity index (χ3n) is 3.28. The number of carbonyl (C=O) groups excluding carboxylic acids is 1. The van der Waals surface area contributed by atoms with Crippen molar-refractivity contribution in [2.24, 2.45) is 0 Å². The molecule has 0 spiro atoms. The summed E-state index contributed by atoms with van der Waals surface area (Å²) < 4.78 is 0. The quantitative estimate of drug-likeness (QED) is 0.667. The monoisotopic (exact) mass is 335 g/mol. The topological polar surface area (TPSA) is 77.8 Å². The molecule has 1 amide bonds. The number of H-pyrrole nitrogens is 2. The van der Waals surface area contributed by atoms with Gasteiger partial charge in [0.25, 0.3) is 5.91 Å². The van der Waals surface area contributed by atoms with Gasteiger partial charge in [-0.2, -0.15) is 0 Å². The predicted molar refractivity (Wildman–Crippen MR) is 88.1 cm³/mol. The van der Waals surface area contributed by atoms with Gasteiger partial charge in [-0.3, -0.25) is 4.79 Å². The molecule has 0 saturated carbocycles. The summed E-state index contributed by atoms with van der Waals surface area (Å²) in [6.07, 6.45) is 0. The first-order valence-electron chi connectivity index (χ1n) is 6.43. The molecule has 0 bridgehead atoms. The molecule has 22 heavy (non-hydrogen) atoms. The lowest BCUT2D eigenvalue weighted by Crippen LogP contribution is -2.13. The van der Waals surface area contributed by atoms with E-state index in [2.05, 4.69) is 15.3 Å². The summed E-state index contributed by atoms with van der Waals surface area (Å²) in [5.74, 6) is -0.345. The van der Waals surface area contributed by atoms with Gasteiger partial charge in [0.05, 0.1) is 21.6 Å². The van der Waals surface area contributed by atoms with Crippen molar-refractivity contribution in [1.82, 2.24) is 9.97 Å². The van der Waals surface area contributed by atoms with E-state index < -0.39 is 0 Å². The Morgan fingerprint density at radius 3 is 2.45 bits per heavy atom. The summed E-state index contributed by atoms with van der Waals surface area (Å²) in [6.45, 7) is 1.84. The second kappa shape index (κ2) is 5.51. The van der Waals surface area contributed by atoms with Crippen LogP contribution in [-0.4, -0.2) is 15.9 Å². The van der Waals surface area contributed by atoms with Crippen LogP contribution in [-0.2, 0) is 0 Å². The van der Waals surface area contributed by atoms with Gasteiger partial charge in [0.2, 0.25) is 0 Å². The van der Waals surface area contributed by atoms with Crippen molar-refractivity contribution >= 4 is 45.8 Å². The molecular weight excluding hydrogens is 325 g/mol. The van der Waals surface area contributed by atoms with Crippen molar-refractivity contribution in [3.8, 4) is 0 Å². The number of imidazole rings is 1. The summed E-state index contributed by atoms with van der Waals surface area (Å²) in [4.78, 5) is 28.9. The molecule has 7 heteroatoms. The van der Waals surface area contributed by atoms with Crippen molar-refractivity contribution in [2.75, 3.05) is 5.32 Å². The number of nitrogens with one attached hydrogen (secondary N) is 3. The van der Waals surface area contributed by atoms with E-state index in [4.69, 9.17) is 23.2 Å². The third kappa shape index (κ3) is 2.73. The summed E-state index contributed by atoms with van der Waals surface area (Å²) in [6, 6.07) is 8.16. The van der Waals surface area contributed by atoms with Crippen LogP contribution >= 0.6 is 23.2 Å². The SMILES string of the molecule is Cc1cc2[nH]c(=O)[nH]c2cc1NC(=O)c1ccc(Cl)cc1Cl. The summed E-state index contributed by atoms with van der Waals surface area (Å²) in [5, 5.41) is 3.52. The summed E-state index contributed by atoms with van der Waals surface area (Å²) in [5.41, 5.74) is 2.75. The molecule has 3 N–H and O–H groups in total. The first-order valence-corrected chi connectivity index (χ1v) is 7.18. The maximum absolute atomic E-state index is 12.3. The molecule has 0 unspecified atom stereocenters. The number of aromatic nitrogens is 2. The maximum Gasteiger partial charge on any atom is 0.323 e. The number of benzene rings is 2. The van der Waals surface area contributed by atoms with Gasteiger partial charge in [-0.05, 0) is 42.8 Å². The first kappa shape index (κ1) is 14.7. The van der Waals surface area contributed by atoms with Gasteiger partial charge in [-0.1, -0.05) is 23.2 Å². The van der Waals surface area contributed by atoms with E-state index in [0.717, 1.165) is 5.56 Å². The molecule has 1 aromatic heterocycles. The molecule has 0 aliphatic heterocycles. The summed E-state index contributed by atoms with van der Waals surface area (Å²) >= 11 is 11.9. The van der Waals surface area contributed by atoms with Crippen LogP contribution in [0, 0.1) is 6.92 Å². The first-order chi connectivity index (χ1) is 10.4. The van der Waals surface area contributed by atoms with Crippen LogP contribution in [0.25, 0.3) is 11.0 Å². The van der Waals surface area contributed by atoms with E-state index in [-0.39, 0.29) is 16.6 Å². The minimum atomic E-state index is -0.345. The average molecular weight is 336 g/mol. The van der Waals surface area contributed by atoms with Crippen molar-refractivity contribution in [3.05, 3.63) is 62.0 Å². The number of aryl methyl sites for hydroxylation is 1. The number of hydrogen-bond donors (Lipinski definition) is 3. The zero-order valence-corrected chi connectivity index (χ0v) is 13.0. The van der Waals surface area contributed by atoms with E-state index in [1.807, 2.05) is 6.92 Å². The second-order valence-corrected chi connectivity index (χ2v) is 5.71. The molecule has 0 saturated heterocycles. The Balaban J connectivity index is 1.96. The van der Waals surface area contributed by atoms with Gasteiger partial charge >= 0.3 is 5.69 Å². The Labute approximate surface area is 135 Å². The Kier molecular flexibility index (Phi) is 3.68. The highest BCUT2D eigenvalue weighted by molar-refractivity contribution is 6.37. The predicted octanol–water partition coefficient (Wildman–Crippen LogP) is 3.72. The van der Waals surface area contributed by atoms with Crippen LogP contribution in [0.5, 0.6) is 0 Å². The highest BCUT2D eigenvalue weighted by atomic mass is 35.5. The van der Waals surface area contributed by atoms with Crippen LogP contribution in [0.4, 0.5) is 5.69 Å². The number of halogens is 2. The molecule has 0 aliphatic carbocycles. The van der Waals surface area contributed by atoms with Gasteiger partial charge < -0.3 is 15.3 Å². The fraction of sp³-hybridized carbons (Fsp3) is 0.0667. The van der Waals surface area contributed by atoms with Gasteiger partial charge in [0, 0.05) is 10.7 Å². The normalized spacial score (nSPS) is 10.9. The Morgan fingerprint density at radius 2 is 1.77 bits per heavy atom. The summed E-state index contributed by atoms with van der Waals surface area (Å²) in [7, 11) is 0. The average Bonchev–Trinajstić information content (AvgIpc) is 2.78. The Morgan fingerprint density at radius 1 is 1.09 bits per heavy atom. The van der Waals surface area contributed by atoms with Gasteiger partial charge in [0.15, 0.2) is 0 Å². The van der Waals surface area contributed by atoms with Gasteiger partial charge in [0.1, 0.15) is 0 Å². The fourth-order valence-electron chi connectivity index (χ4n) is 2.19. The molecule has 3 aromatic rings. The van der Waals surface area contributed by atoms with E-state index >= 15 is 0 Å². The molecule has 3 rings (SSSR count). The Bertz CT molecular complexity index is 944. The lowest BCUT2D eigenvalue weighted by molar-refractivity contribution is 0.102. The van der Waals surface area contributed by atoms with E-state index in [9.17, 15) is 9.59 Å². The molecule has 0 radical (unpaired) electrons. The minimum Gasteiger partial charge on any atom is -0.322 e. The number of carbonyl (C=O) groups is 1. The smallest absolute Gasteiger partial charge is 0.322 e. The number of fused-ring (bicyclic) bond motifs is 1. The molecular formula is C15H11Cl2N3O2. The van der Waals surface area contributed by atoms with Crippen molar-refractivity contribution in [1.29, 1.82) is 0 Å². The maximum atomic E-state index is 12.3. The number of hydrogen-bond acceptors (Lipinski definition) is 2. The van der Waals surface area contributed by atoms with Crippen molar-refractivity contribution < 1.29 is 4.79 Å². The zero-order valence-electron chi connectivity index (χ0n) is 11.5. The molecule has 0 atom stereocenters. The molecule has 0 aliphatic rings. The van der Waals surface area contributed by atoms with Crippen LogP contribution in [0.1, 0.15) is 15.9 Å². The highest BCUT2D eigenvalue weighted by Gasteiger charge is 2.13. The van der Waals surface area contributed by atoms with Gasteiger partial charge in [-0.25, -0.2) is 4.79 Å². The number of rotatable bonds is 2. The zero-order chi connectivity index (χ0) is 15.9. The largest absolute Gasteiger partial charge is 0.323 e. The lowest BCUT2D eigenvalue weighted by Gasteiger charge is -2.10. The highest BCUT2D eigenvalue weighted by Crippen LogP contribution is 2.24. The number of anilines is 1. The molecule has 5 nitrogen and oxygen atoms in total. The number of aromatic amines is 2. The molecule has 0 fully saturated rings. The van der Waals surface area contributed by atoms with E-state index in [0.29, 0.717) is 27.3 Å². The van der Waals surface area contributed by atoms with Crippen LogP contribution < -0.4 is 11.0 Å². The van der Waals surface area contributed by atoms with E-state index in [1.165, 1.54) is 6.07 Å². The minimum absolute atomic E-state index is 0.277. The molecule has 112 valence electrons. The lowest BCUT2D eigenvalue weighted by atomic mass is 10.1. The molecule has 1 heterocycles. The second-order valence-electron chi connectivity index (χ2n) is 4.87. The van der Waals surface area contributed by atoms with Crippen molar-refractivity contribution in [3.63, 3.8) is 0 Å². The third-order valence-corrected chi connectivity index (χ3v) is 3.83. The standard InChI is InChI=1S/C15H11Cl2N3O2/c1-7-4-12-13(20-15(22)19-12)6-11(7)18-14(21)9-3-2-8(16)5-10(9)17/h2-6H,1H3,(H,18,21)(H2,19,20,22). The van der Waals surface area contributed by atoms with Crippen LogP contribution in [0.15, 0.2) is 35.1 Å². The Hall–Kier alpha value is -2.24. The fourth-order valence-corrected chi connectivity index (χ4v) is 2.68. The van der Waals surface area contributed by atoms with Crippen molar-refractivity contribution in [2.45, 2.75) is 6.92 Å². The van der Waals surface area contributed by atoms with Crippen LogP contribution in [0.3, 0.4) is 0 Å². The van der Waals surface area contributed by atoms with E-state index in [1.54, 1.807) is 24.3 Å². The molecule has 2 aromatic carbocycles. The van der Waals surface area contributed by atoms with Crippen LogP contribution in [0.2, 0.25) is 10.0 Å². The van der Waals surface area contributed by atoms with Gasteiger partial charge in [-0.15, -0.1) is 0 Å². The number of amides is 1.